The molecule has 0 atom stereocenters. The SMILES string of the molecule is CNCCCCN(C)CCCC(C)C. The Bertz CT molecular complexity index is 113. The van der Waals surface area contributed by atoms with Crippen molar-refractivity contribution in [3.05, 3.63) is 0 Å². The summed E-state index contributed by atoms with van der Waals surface area (Å²) >= 11 is 0. The molecule has 0 aromatic heterocycles. The van der Waals surface area contributed by atoms with Gasteiger partial charge in [-0.15, -0.1) is 0 Å². The molecule has 0 fully saturated rings. The maximum Gasteiger partial charge on any atom is -0.00213 e. The second-order valence-electron chi connectivity index (χ2n) is 4.65. The molecule has 0 aromatic rings. The van der Waals surface area contributed by atoms with Gasteiger partial charge in [-0.2, -0.15) is 0 Å². The number of unbranched alkanes of at least 4 members (excludes halogenated alkanes) is 1. The highest BCUT2D eigenvalue weighted by Crippen LogP contribution is 2.04. The molecular weight excluding hydrogens is 172 g/mol. The maximum atomic E-state index is 3.18. The smallest absolute Gasteiger partial charge is 0.00213 e. The van der Waals surface area contributed by atoms with Crippen molar-refractivity contribution < 1.29 is 0 Å². The monoisotopic (exact) mass is 200 g/mol. The van der Waals surface area contributed by atoms with Crippen LogP contribution in [0, 0.1) is 5.92 Å². The average molecular weight is 200 g/mol. The van der Waals surface area contributed by atoms with Gasteiger partial charge in [0.15, 0.2) is 0 Å². The summed E-state index contributed by atoms with van der Waals surface area (Å²) in [6, 6.07) is 0. The number of rotatable bonds is 9. The molecule has 0 aliphatic carbocycles. The molecule has 14 heavy (non-hydrogen) atoms. The first-order valence-electron chi connectivity index (χ1n) is 6.00. The van der Waals surface area contributed by atoms with Crippen LogP contribution >= 0.6 is 0 Å². The maximum absolute atomic E-state index is 3.18. The Kier molecular flexibility index (Phi) is 9.42. The largest absolute Gasteiger partial charge is 0.320 e. The van der Waals surface area contributed by atoms with Crippen molar-refractivity contribution >= 4 is 0 Å². The van der Waals surface area contributed by atoms with Crippen molar-refractivity contribution in [3.8, 4) is 0 Å². The van der Waals surface area contributed by atoms with E-state index in [1.165, 1.54) is 38.8 Å². The van der Waals surface area contributed by atoms with Gasteiger partial charge in [-0.1, -0.05) is 13.8 Å². The fourth-order valence-corrected chi connectivity index (χ4v) is 1.56. The normalized spacial score (nSPS) is 11.6. The molecule has 0 aliphatic heterocycles. The van der Waals surface area contributed by atoms with Gasteiger partial charge in [0.2, 0.25) is 0 Å². The predicted molar refractivity (Wildman–Crippen MR) is 64.7 cm³/mol. The highest BCUT2D eigenvalue weighted by Gasteiger charge is 1.99. The third kappa shape index (κ3) is 10.0. The van der Waals surface area contributed by atoms with Crippen LogP contribution in [0.15, 0.2) is 0 Å². The number of hydrogen-bond donors (Lipinski definition) is 1. The summed E-state index contributed by atoms with van der Waals surface area (Å²) < 4.78 is 0. The molecule has 2 nitrogen and oxygen atoms in total. The Hall–Kier alpha value is -0.0800. The van der Waals surface area contributed by atoms with Gasteiger partial charge >= 0.3 is 0 Å². The van der Waals surface area contributed by atoms with Crippen molar-refractivity contribution in [1.82, 2.24) is 10.2 Å². The standard InChI is InChI=1S/C12H28N2/c1-12(2)8-7-11-14(4)10-6-5-9-13-3/h12-13H,5-11H2,1-4H3. The number of nitrogens with one attached hydrogen (secondary N) is 1. The minimum absolute atomic E-state index is 0.854. The van der Waals surface area contributed by atoms with Crippen molar-refractivity contribution in [2.24, 2.45) is 5.92 Å². The van der Waals surface area contributed by atoms with E-state index < -0.39 is 0 Å². The molecular formula is C12H28N2. The van der Waals surface area contributed by atoms with Crippen LogP contribution in [0.5, 0.6) is 0 Å². The van der Waals surface area contributed by atoms with Gasteiger partial charge in [-0.25, -0.2) is 0 Å². The van der Waals surface area contributed by atoms with E-state index in [1.807, 2.05) is 7.05 Å². The van der Waals surface area contributed by atoms with Crippen LogP contribution in [0.25, 0.3) is 0 Å². The van der Waals surface area contributed by atoms with E-state index in [0.29, 0.717) is 0 Å². The van der Waals surface area contributed by atoms with E-state index >= 15 is 0 Å². The lowest BCUT2D eigenvalue weighted by Gasteiger charge is -2.16. The zero-order chi connectivity index (χ0) is 10.8. The number of hydrogen-bond acceptors (Lipinski definition) is 2. The van der Waals surface area contributed by atoms with E-state index in [4.69, 9.17) is 0 Å². The lowest BCUT2D eigenvalue weighted by atomic mass is 10.1. The minimum Gasteiger partial charge on any atom is -0.320 e. The predicted octanol–water partition coefficient (Wildman–Crippen LogP) is 2.35. The summed E-state index contributed by atoms with van der Waals surface area (Å²) in [5, 5.41) is 3.18. The summed E-state index contributed by atoms with van der Waals surface area (Å²) in [6.07, 6.45) is 5.32. The fraction of sp³-hybridized carbons (Fsp3) is 1.00. The topological polar surface area (TPSA) is 15.3 Å². The van der Waals surface area contributed by atoms with Crippen molar-refractivity contribution in [1.29, 1.82) is 0 Å². The minimum atomic E-state index is 0.854. The molecule has 0 saturated carbocycles. The lowest BCUT2D eigenvalue weighted by Crippen LogP contribution is -2.22. The first-order chi connectivity index (χ1) is 6.66. The van der Waals surface area contributed by atoms with Gasteiger partial charge in [-0.05, 0) is 65.3 Å². The molecule has 1 N–H and O–H groups in total. The summed E-state index contributed by atoms with van der Waals surface area (Å²) in [4.78, 5) is 2.46. The highest BCUT2D eigenvalue weighted by atomic mass is 15.1. The zero-order valence-electron chi connectivity index (χ0n) is 10.5. The van der Waals surface area contributed by atoms with E-state index in [2.05, 4.69) is 31.1 Å². The Morgan fingerprint density at radius 3 is 2.29 bits per heavy atom. The molecule has 0 rings (SSSR count). The third-order valence-electron chi connectivity index (χ3n) is 2.54. The quantitative estimate of drug-likeness (QED) is 0.575. The van der Waals surface area contributed by atoms with Crippen LogP contribution in [0.2, 0.25) is 0 Å². The number of nitrogens with zero attached hydrogens (tertiary/aromatic N) is 1. The van der Waals surface area contributed by atoms with Crippen molar-refractivity contribution in [3.63, 3.8) is 0 Å². The molecule has 86 valence electrons. The molecule has 0 aromatic carbocycles. The Morgan fingerprint density at radius 1 is 1.07 bits per heavy atom. The van der Waals surface area contributed by atoms with Crippen LogP contribution in [-0.2, 0) is 0 Å². The van der Waals surface area contributed by atoms with E-state index in [9.17, 15) is 0 Å². The Morgan fingerprint density at radius 2 is 1.71 bits per heavy atom. The second kappa shape index (κ2) is 9.47. The van der Waals surface area contributed by atoms with Gasteiger partial charge < -0.3 is 10.2 Å². The van der Waals surface area contributed by atoms with Crippen LogP contribution in [0.4, 0.5) is 0 Å². The highest BCUT2D eigenvalue weighted by molar-refractivity contribution is 4.54. The van der Waals surface area contributed by atoms with Gasteiger partial charge in [0, 0.05) is 0 Å². The second-order valence-corrected chi connectivity index (χ2v) is 4.65. The van der Waals surface area contributed by atoms with Crippen LogP contribution in [0.3, 0.4) is 0 Å². The van der Waals surface area contributed by atoms with E-state index in [0.717, 1.165) is 12.5 Å². The van der Waals surface area contributed by atoms with Crippen molar-refractivity contribution in [2.45, 2.75) is 39.5 Å². The fourth-order valence-electron chi connectivity index (χ4n) is 1.56. The van der Waals surface area contributed by atoms with Crippen molar-refractivity contribution in [2.75, 3.05) is 33.7 Å². The van der Waals surface area contributed by atoms with E-state index in [1.54, 1.807) is 0 Å². The van der Waals surface area contributed by atoms with Gasteiger partial charge in [0.05, 0.1) is 0 Å². The Balaban J connectivity index is 3.15. The van der Waals surface area contributed by atoms with Crippen LogP contribution in [0.1, 0.15) is 39.5 Å². The summed E-state index contributed by atoms with van der Waals surface area (Å²) in [7, 11) is 4.26. The summed E-state index contributed by atoms with van der Waals surface area (Å²) in [5.41, 5.74) is 0. The molecule has 0 saturated heterocycles. The lowest BCUT2D eigenvalue weighted by molar-refractivity contribution is 0.310. The van der Waals surface area contributed by atoms with Crippen LogP contribution in [-0.4, -0.2) is 38.6 Å². The Labute approximate surface area is 90.1 Å². The zero-order valence-corrected chi connectivity index (χ0v) is 10.5. The average Bonchev–Trinajstić information content (AvgIpc) is 2.12. The molecule has 0 amide bonds. The molecule has 0 bridgehead atoms. The first kappa shape index (κ1) is 13.9. The summed E-state index contributed by atoms with van der Waals surface area (Å²) in [5.74, 6) is 0.854. The van der Waals surface area contributed by atoms with Gasteiger partial charge in [-0.3, -0.25) is 0 Å². The van der Waals surface area contributed by atoms with Gasteiger partial charge in [0.25, 0.3) is 0 Å². The molecule has 2 heteroatoms. The third-order valence-corrected chi connectivity index (χ3v) is 2.54. The summed E-state index contributed by atoms with van der Waals surface area (Å²) in [6.45, 7) is 8.26. The molecule has 0 heterocycles. The molecule has 0 unspecified atom stereocenters. The molecule has 0 spiro atoms. The van der Waals surface area contributed by atoms with Crippen LogP contribution < -0.4 is 5.32 Å². The first-order valence-corrected chi connectivity index (χ1v) is 6.00. The molecule has 0 aliphatic rings. The van der Waals surface area contributed by atoms with Gasteiger partial charge in [0.1, 0.15) is 0 Å². The molecule has 0 radical (unpaired) electrons. The van der Waals surface area contributed by atoms with E-state index in [-0.39, 0.29) is 0 Å².